The molecule has 1 fully saturated rings. The number of halogens is 3. The second-order valence-corrected chi connectivity index (χ2v) is 5.79. The molecule has 5 nitrogen and oxygen atoms in total. The normalized spacial score (nSPS) is 16.2. The third-order valence-corrected chi connectivity index (χ3v) is 4.27. The van der Waals surface area contributed by atoms with Crippen LogP contribution in [-0.4, -0.2) is 50.3 Å². The van der Waals surface area contributed by atoms with Gasteiger partial charge in [0.1, 0.15) is 0 Å². The molecule has 0 aliphatic carbocycles. The average Bonchev–Trinajstić information content (AvgIpc) is 2.61. The first-order valence-electron chi connectivity index (χ1n) is 8.44. The molecule has 0 aromatic heterocycles. The summed E-state index contributed by atoms with van der Waals surface area (Å²) in [4.78, 5) is 7.84. The number of morpholine rings is 1. The van der Waals surface area contributed by atoms with Crippen molar-refractivity contribution in [3.63, 3.8) is 0 Å². The smallest absolute Gasteiger partial charge is 0.378 e. The fraction of sp³-hybridized carbons (Fsp3) is 0.588. The Labute approximate surface area is 146 Å². The minimum Gasteiger partial charge on any atom is -0.378 e. The number of ether oxygens (including phenoxy) is 1. The largest absolute Gasteiger partial charge is 0.416 e. The zero-order valence-corrected chi connectivity index (χ0v) is 14.6. The Morgan fingerprint density at radius 1 is 1.24 bits per heavy atom. The molecule has 0 amide bonds. The van der Waals surface area contributed by atoms with Gasteiger partial charge in [-0.25, -0.2) is 4.99 Å². The summed E-state index contributed by atoms with van der Waals surface area (Å²) in [5.41, 5.74) is 5.89. The van der Waals surface area contributed by atoms with Crippen LogP contribution >= 0.6 is 0 Å². The highest BCUT2D eigenvalue weighted by Gasteiger charge is 2.34. The Bertz CT molecular complexity index is 594. The van der Waals surface area contributed by atoms with Gasteiger partial charge in [-0.15, -0.1) is 0 Å². The van der Waals surface area contributed by atoms with Crippen molar-refractivity contribution in [2.75, 3.05) is 44.3 Å². The highest BCUT2D eigenvalue weighted by molar-refractivity contribution is 5.78. The standard InChI is InChI=1S/C17H25F3N4O/c1-3-23(4-2)16(21)22-12-13-5-6-14(11-15(13)17(18,19)20)24-7-9-25-10-8-24/h5-6,11H,3-4,7-10,12H2,1-2H3,(H2,21,22). The SMILES string of the molecule is CCN(CC)C(N)=NCc1ccc(N2CCOCC2)cc1C(F)(F)F. The van der Waals surface area contributed by atoms with Gasteiger partial charge in [-0.2, -0.15) is 13.2 Å². The fourth-order valence-electron chi connectivity index (χ4n) is 2.80. The lowest BCUT2D eigenvalue weighted by molar-refractivity contribution is -0.138. The lowest BCUT2D eigenvalue weighted by atomic mass is 10.1. The maximum absolute atomic E-state index is 13.5. The van der Waals surface area contributed by atoms with Crippen LogP contribution in [-0.2, 0) is 17.5 Å². The van der Waals surface area contributed by atoms with Crippen molar-refractivity contribution in [2.24, 2.45) is 10.7 Å². The van der Waals surface area contributed by atoms with Gasteiger partial charge in [0.05, 0.1) is 25.3 Å². The predicted molar refractivity (Wildman–Crippen MR) is 92.7 cm³/mol. The van der Waals surface area contributed by atoms with Gasteiger partial charge < -0.3 is 20.3 Å². The molecule has 0 unspecified atom stereocenters. The van der Waals surface area contributed by atoms with Gasteiger partial charge in [0.2, 0.25) is 0 Å². The van der Waals surface area contributed by atoms with Crippen LogP contribution in [0.4, 0.5) is 18.9 Å². The van der Waals surface area contributed by atoms with E-state index < -0.39 is 11.7 Å². The molecule has 0 saturated carbocycles. The molecule has 1 saturated heterocycles. The number of rotatable bonds is 5. The van der Waals surface area contributed by atoms with E-state index in [1.807, 2.05) is 18.7 Å². The molecule has 1 aromatic carbocycles. The van der Waals surface area contributed by atoms with Gasteiger partial charge in [0, 0.05) is 31.9 Å². The van der Waals surface area contributed by atoms with Crippen LogP contribution in [0, 0.1) is 0 Å². The Morgan fingerprint density at radius 3 is 2.44 bits per heavy atom. The molecule has 140 valence electrons. The molecule has 1 aromatic rings. The van der Waals surface area contributed by atoms with Crippen molar-refractivity contribution in [1.82, 2.24) is 4.90 Å². The van der Waals surface area contributed by atoms with E-state index in [0.717, 1.165) is 0 Å². The summed E-state index contributed by atoms with van der Waals surface area (Å²) in [5.74, 6) is 0.260. The topological polar surface area (TPSA) is 54.1 Å². The van der Waals surface area contributed by atoms with Crippen molar-refractivity contribution >= 4 is 11.6 Å². The number of hydrogen-bond acceptors (Lipinski definition) is 3. The van der Waals surface area contributed by atoms with Crippen LogP contribution in [0.5, 0.6) is 0 Å². The van der Waals surface area contributed by atoms with E-state index in [-0.39, 0.29) is 18.1 Å². The summed E-state index contributed by atoms with van der Waals surface area (Å²) in [6, 6.07) is 4.40. The molecule has 25 heavy (non-hydrogen) atoms. The van der Waals surface area contributed by atoms with Crippen LogP contribution in [0.1, 0.15) is 25.0 Å². The average molecular weight is 358 g/mol. The molecule has 1 heterocycles. The quantitative estimate of drug-likeness (QED) is 0.650. The van der Waals surface area contributed by atoms with E-state index in [1.54, 1.807) is 11.0 Å². The van der Waals surface area contributed by atoms with E-state index in [4.69, 9.17) is 10.5 Å². The number of alkyl halides is 3. The molecular weight excluding hydrogens is 333 g/mol. The molecule has 1 aliphatic rings. The Balaban J connectivity index is 2.26. The summed E-state index contributed by atoms with van der Waals surface area (Å²) in [7, 11) is 0. The molecule has 8 heteroatoms. The number of benzene rings is 1. The van der Waals surface area contributed by atoms with Crippen molar-refractivity contribution in [2.45, 2.75) is 26.6 Å². The number of guanidine groups is 1. The van der Waals surface area contributed by atoms with Crippen molar-refractivity contribution in [3.8, 4) is 0 Å². The molecule has 0 atom stereocenters. The van der Waals surface area contributed by atoms with Gasteiger partial charge >= 0.3 is 6.18 Å². The Morgan fingerprint density at radius 2 is 1.88 bits per heavy atom. The summed E-state index contributed by atoms with van der Waals surface area (Å²) in [5, 5.41) is 0. The van der Waals surface area contributed by atoms with Crippen LogP contribution < -0.4 is 10.6 Å². The Hall–Kier alpha value is -1.96. The maximum atomic E-state index is 13.5. The van der Waals surface area contributed by atoms with Crippen LogP contribution in [0.3, 0.4) is 0 Å². The van der Waals surface area contributed by atoms with Gasteiger partial charge in [0.25, 0.3) is 0 Å². The number of hydrogen-bond donors (Lipinski definition) is 1. The van der Waals surface area contributed by atoms with Crippen molar-refractivity contribution < 1.29 is 17.9 Å². The zero-order chi connectivity index (χ0) is 18.4. The summed E-state index contributed by atoms with van der Waals surface area (Å²) < 4.78 is 45.7. The molecule has 1 aliphatic heterocycles. The van der Waals surface area contributed by atoms with Gasteiger partial charge in [-0.3, -0.25) is 0 Å². The van der Waals surface area contributed by atoms with Gasteiger partial charge in [0.15, 0.2) is 5.96 Å². The highest BCUT2D eigenvalue weighted by Crippen LogP contribution is 2.35. The number of aliphatic imine (C=N–C) groups is 1. The lowest BCUT2D eigenvalue weighted by Crippen LogP contribution is -2.37. The first kappa shape index (κ1) is 19.4. The second kappa shape index (κ2) is 8.42. The first-order chi connectivity index (χ1) is 11.9. The van der Waals surface area contributed by atoms with Crippen LogP contribution in [0.25, 0.3) is 0 Å². The van der Waals surface area contributed by atoms with E-state index in [9.17, 15) is 13.2 Å². The Kier molecular flexibility index (Phi) is 6.52. The van der Waals surface area contributed by atoms with E-state index in [0.29, 0.717) is 45.1 Å². The summed E-state index contributed by atoms with van der Waals surface area (Å²) in [6.45, 7) is 7.28. The predicted octanol–water partition coefficient (Wildman–Crippen LogP) is 2.70. The lowest BCUT2D eigenvalue weighted by Gasteiger charge is -2.29. The highest BCUT2D eigenvalue weighted by atomic mass is 19.4. The number of nitrogens with two attached hydrogens (primary N) is 1. The number of anilines is 1. The molecule has 0 spiro atoms. The monoisotopic (exact) mass is 358 g/mol. The van der Waals surface area contributed by atoms with Crippen LogP contribution in [0.2, 0.25) is 0 Å². The molecule has 0 bridgehead atoms. The third-order valence-electron chi connectivity index (χ3n) is 4.27. The van der Waals surface area contributed by atoms with Crippen molar-refractivity contribution in [3.05, 3.63) is 29.3 Å². The van der Waals surface area contributed by atoms with E-state index in [2.05, 4.69) is 4.99 Å². The third kappa shape index (κ3) is 5.01. The van der Waals surface area contributed by atoms with E-state index >= 15 is 0 Å². The minimum absolute atomic E-state index is 0.0967. The zero-order valence-electron chi connectivity index (χ0n) is 14.6. The van der Waals surface area contributed by atoms with E-state index in [1.165, 1.54) is 12.1 Å². The number of nitrogens with zero attached hydrogens (tertiary/aromatic N) is 3. The van der Waals surface area contributed by atoms with Gasteiger partial charge in [-0.1, -0.05) is 6.07 Å². The summed E-state index contributed by atoms with van der Waals surface area (Å²) in [6.07, 6.45) is -4.43. The maximum Gasteiger partial charge on any atom is 0.416 e. The van der Waals surface area contributed by atoms with Crippen LogP contribution in [0.15, 0.2) is 23.2 Å². The van der Waals surface area contributed by atoms with Gasteiger partial charge in [-0.05, 0) is 31.5 Å². The minimum atomic E-state index is -4.43. The first-order valence-corrected chi connectivity index (χ1v) is 8.44. The van der Waals surface area contributed by atoms with Crippen molar-refractivity contribution in [1.29, 1.82) is 0 Å². The molecular formula is C17H25F3N4O. The fourth-order valence-corrected chi connectivity index (χ4v) is 2.80. The molecule has 2 rings (SSSR count). The molecule has 2 N–H and O–H groups in total. The summed E-state index contributed by atoms with van der Waals surface area (Å²) >= 11 is 0. The molecule has 0 radical (unpaired) electrons. The second-order valence-electron chi connectivity index (χ2n) is 5.79.